The van der Waals surface area contributed by atoms with E-state index in [9.17, 15) is 36.7 Å². The number of thiol groups is 1. The first-order valence-corrected chi connectivity index (χ1v) is 12.0. The molecule has 0 atom stereocenters. The molecule has 196 valence electrons. The molecule has 1 aliphatic carbocycles. The average Bonchev–Trinajstić information content (AvgIpc) is 3.59. The average molecular weight is 578 g/mol. The van der Waals surface area contributed by atoms with Gasteiger partial charge in [0.05, 0.1) is 21.4 Å². The van der Waals surface area contributed by atoms with E-state index in [-0.39, 0.29) is 45.8 Å². The minimum absolute atomic E-state index is 0.0641. The molecule has 1 aromatic heterocycles. The molecule has 1 aliphatic rings. The number of anilines is 1. The van der Waals surface area contributed by atoms with Crippen LogP contribution in [0.2, 0.25) is 10.0 Å². The highest BCUT2D eigenvalue weighted by Gasteiger charge is 2.56. The summed E-state index contributed by atoms with van der Waals surface area (Å²) in [4.78, 5) is 37.3. The van der Waals surface area contributed by atoms with Crippen LogP contribution < -0.4 is 26.0 Å². The van der Waals surface area contributed by atoms with Gasteiger partial charge < -0.3 is 15.6 Å². The molecule has 0 saturated heterocycles. The van der Waals surface area contributed by atoms with E-state index in [1.54, 1.807) is 4.98 Å². The Kier molecular flexibility index (Phi) is 6.87. The van der Waals surface area contributed by atoms with Gasteiger partial charge in [0.25, 0.3) is 12.0 Å². The molecule has 0 radical (unpaired) electrons. The van der Waals surface area contributed by atoms with E-state index in [0.717, 1.165) is 24.3 Å². The monoisotopic (exact) mass is 577 g/mol. The molecular formula is C20H15Cl2F2N5O7S. The lowest BCUT2D eigenvalue weighted by atomic mass is 10.2. The smallest absolute Gasteiger partial charge is 0.349 e. The maximum absolute atomic E-state index is 13.1. The molecule has 0 unspecified atom stereocenters. The van der Waals surface area contributed by atoms with E-state index in [4.69, 9.17) is 33.7 Å². The van der Waals surface area contributed by atoms with Gasteiger partial charge in [0, 0.05) is 6.07 Å². The lowest BCUT2D eigenvalue weighted by Crippen LogP contribution is -2.46. The number of phenols is 1. The van der Waals surface area contributed by atoms with Crippen molar-refractivity contribution in [2.24, 2.45) is 5.73 Å². The topological polar surface area (TPSA) is 178 Å². The number of H-pyrrole nitrogens is 1. The van der Waals surface area contributed by atoms with E-state index >= 15 is 0 Å². The number of primary amides is 1. The minimum Gasteiger partial charge on any atom is -0.506 e. The number of aromatic amines is 1. The Morgan fingerprint density at radius 1 is 1.22 bits per heavy atom. The molecule has 4 rings (SSSR count). The van der Waals surface area contributed by atoms with Crippen molar-refractivity contribution in [1.82, 2.24) is 14.8 Å². The number of carbonyl (C=O) groups is 1. The summed E-state index contributed by atoms with van der Waals surface area (Å²) in [7, 11) is -3.39. The van der Waals surface area contributed by atoms with E-state index in [0.29, 0.717) is 8.99 Å². The number of hydrogen-bond acceptors (Lipinski definition) is 8. The maximum Gasteiger partial charge on any atom is 0.349 e. The normalized spacial score (nSPS) is 14.1. The predicted molar refractivity (Wildman–Crippen MR) is 128 cm³/mol. The van der Waals surface area contributed by atoms with Gasteiger partial charge in [-0.1, -0.05) is 23.2 Å². The zero-order valence-corrected chi connectivity index (χ0v) is 20.6. The van der Waals surface area contributed by atoms with Gasteiger partial charge in [-0.2, -0.15) is 9.78 Å². The molecular weight excluding hydrogens is 563 g/mol. The summed E-state index contributed by atoms with van der Waals surface area (Å²) in [6.45, 7) is 0. The highest BCUT2D eigenvalue weighted by molar-refractivity contribution is 7.74. The van der Waals surface area contributed by atoms with Gasteiger partial charge in [-0.3, -0.25) is 18.9 Å². The highest BCUT2D eigenvalue weighted by atomic mass is 35.5. The molecule has 0 spiro atoms. The molecule has 1 fully saturated rings. The summed E-state index contributed by atoms with van der Waals surface area (Å²) in [5.41, 5.74) is -0.277. The summed E-state index contributed by atoms with van der Waals surface area (Å²) in [5.74, 6) is -1.62. The van der Waals surface area contributed by atoms with Crippen LogP contribution in [0.25, 0.3) is 5.69 Å². The van der Waals surface area contributed by atoms with Crippen molar-refractivity contribution in [2.75, 3.05) is 4.31 Å². The Hall–Kier alpha value is -3.69. The van der Waals surface area contributed by atoms with Gasteiger partial charge in [0.1, 0.15) is 17.0 Å². The van der Waals surface area contributed by atoms with Crippen LogP contribution in [0.5, 0.6) is 17.2 Å². The zero-order chi connectivity index (χ0) is 27.2. The van der Waals surface area contributed by atoms with Crippen LogP contribution in [0.3, 0.4) is 0 Å². The molecule has 17 heteroatoms. The SMILES string of the molecule is NC(=O)C1(N(c2cc(Oc3c(Cl)cc(-n4nc(C(F)F)c(=O)[nH]c4=O)cc3Cl)ccc2O)[SH](=O)=O)CC1. The van der Waals surface area contributed by atoms with Crippen LogP contribution in [0.1, 0.15) is 25.0 Å². The largest absolute Gasteiger partial charge is 0.506 e. The number of halogens is 4. The Balaban J connectivity index is 1.73. The molecule has 4 N–H and O–H groups in total. The standard InChI is InChI=1S/C20H15Cl2F2N5O7S/c21-10-5-8(28-19(33)26-17(31)14(27-28)16(23)24)6-11(22)15(10)36-9-1-2-13(30)12(7-9)29(37(34)35)20(3-4-20)18(25)32/h1-2,5-7,16,30,37H,3-4H2,(H2,25,32)(H,26,31,33). The number of carbonyl (C=O) groups excluding carboxylic acids is 1. The number of rotatable bonds is 8. The fourth-order valence-electron chi connectivity index (χ4n) is 3.51. The van der Waals surface area contributed by atoms with E-state index in [1.165, 1.54) is 6.07 Å². The van der Waals surface area contributed by atoms with Gasteiger partial charge in [0.15, 0.2) is 11.4 Å². The Morgan fingerprint density at radius 2 is 1.84 bits per heavy atom. The molecule has 1 saturated carbocycles. The number of aromatic nitrogens is 3. The first-order chi connectivity index (χ1) is 17.4. The van der Waals surface area contributed by atoms with Crippen LogP contribution in [-0.2, 0) is 15.7 Å². The second kappa shape index (κ2) is 9.64. The van der Waals surface area contributed by atoms with Crippen molar-refractivity contribution in [1.29, 1.82) is 0 Å². The van der Waals surface area contributed by atoms with Crippen molar-refractivity contribution in [3.05, 3.63) is 66.9 Å². The van der Waals surface area contributed by atoms with Crippen LogP contribution in [0.4, 0.5) is 14.5 Å². The third-order valence-corrected chi connectivity index (χ3v) is 6.92. The molecule has 37 heavy (non-hydrogen) atoms. The molecule has 1 amide bonds. The Bertz CT molecular complexity index is 1590. The van der Waals surface area contributed by atoms with Crippen molar-refractivity contribution in [3.63, 3.8) is 0 Å². The van der Waals surface area contributed by atoms with Gasteiger partial charge in [-0.25, -0.2) is 22.0 Å². The van der Waals surface area contributed by atoms with E-state index in [1.807, 2.05) is 0 Å². The number of nitrogens with zero attached hydrogens (tertiary/aromatic N) is 3. The summed E-state index contributed by atoms with van der Waals surface area (Å²) in [6.07, 6.45) is -2.96. The van der Waals surface area contributed by atoms with Crippen LogP contribution in [0.15, 0.2) is 39.9 Å². The quantitative estimate of drug-likeness (QED) is 0.293. The third-order valence-electron chi connectivity index (χ3n) is 5.43. The summed E-state index contributed by atoms with van der Waals surface area (Å²) < 4.78 is 56.9. The molecule has 3 aromatic rings. The molecule has 0 bridgehead atoms. The van der Waals surface area contributed by atoms with Crippen molar-refractivity contribution in [3.8, 4) is 22.9 Å². The predicted octanol–water partition coefficient (Wildman–Crippen LogP) is 2.01. The van der Waals surface area contributed by atoms with E-state index < -0.39 is 51.5 Å². The number of amides is 1. The van der Waals surface area contributed by atoms with Crippen molar-refractivity contribution < 1.29 is 31.8 Å². The lowest BCUT2D eigenvalue weighted by Gasteiger charge is -2.26. The maximum atomic E-state index is 13.1. The Morgan fingerprint density at radius 3 is 2.35 bits per heavy atom. The van der Waals surface area contributed by atoms with Gasteiger partial charge in [-0.05, 0) is 37.1 Å². The molecule has 2 aromatic carbocycles. The van der Waals surface area contributed by atoms with Gasteiger partial charge in [0.2, 0.25) is 16.8 Å². The molecule has 0 aliphatic heterocycles. The summed E-state index contributed by atoms with van der Waals surface area (Å²) in [6, 6.07) is 5.67. The van der Waals surface area contributed by atoms with Crippen LogP contribution in [-0.4, -0.2) is 39.7 Å². The molecule has 12 nitrogen and oxygen atoms in total. The number of nitrogens with two attached hydrogens (primary N) is 1. The minimum atomic E-state index is -3.39. The molecule has 1 heterocycles. The van der Waals surface area contributed by atoms with Crippen molar-refractivity contribution >= 4 is 45.7 Å². The van der Waals surface area contributed by atoms with Gasteiger partial charge in [-0.15, -0.1) is 0 Å². The highest BCUT2D eigenvalue weighted by Crippen LogP contribution is 2.48. The Labute approximate surface area is 216 Å². The van der Waals surface area contributed by atoms with Crippen LogP contribution >= 0.6 is 23.2 Å². The number of alkyl halides is 2. The second-order valence-electron chi connectivity index (χ2n) is 7.79. The van der Waals surface area contributed by atoms with Crippen molar-refractivity contribution in [2.45, 2.75) is 24.8 Å². The second-order valence-corrected chi connectivity index (χ2v) is 9.48. The fraction of sp³-hybridized carbons (Fsp3) is 0.200. The van der Waals surface area contributed by atoms with Crippen LogP contribution in [0, 0.1) is 0 Å². The fourth-order valence-corrected chi connectivity index (χ4v) is 5.01. The number of benzene rings is 2. The number of phenolic OH excluding ortho intramolecular Hbond substituents is 1. The number of nitrogens with one attached hydrogen (secondary N) is 1. The van der Waals surface area contributed by atoms with Gasteiger partial charge >= 0.3 is 5.69 Å². The third kappa shape index (κ3) is 4.84. The number of ether oxygens (including phenoxy) is 1. The van der Waals surface area contributed by atoms with E-state index in [2.05, 4.69) is 5.10 Å². The number of hydrogen-bond donors (Lipinski definition) is 4. The first-order valence-electron chi connectivity index (χ1n) is 10.1. The number of aromatic hydroxyl groups is 1. The first kappa shape index (κ1) is 26.4. The zero-order valence-electron chi connectivity index (χ0n) is 18.2. The summed E-state index contributed by atoms with van der Waals surface area (Å²) in [5, 5.41) is 13.2. The summed E-state index contributed by atoms with van der Waals surface area (Å²) >= 11 is 12.5. The lowest BCUT2D eigenvalue weighted by molar-refractivity contribution is -0.119.